The molecule has 0 saturated heterocycles. The Bertz CT molecular complexity index is 896. The Morgan fingerprint density at radius 3 is 3.09 bits per heavy atom. The van der Waals surface area contributed by atoms with E-state index in [-0.39, 0.29) is 17.2 Å². The zero-order valence-electron chi connectivity index (χ0n) is 11.8. The fraction of sp³-hybridized carbons (Fsp3) is 0.231. The first-order valence-electron chi connectivity index (χ1n) is 6.35. The predicted molar refractivity (Wildman–Crippen MR) is 85.5 cm³/mol. The van der Waals surface area contributed by atoms with Gasteiger partial charge >= 0.3 is 0 Å². The lowest BCUT2D eigenvalue weighted by Gasteiger charge is -2.06. The Hall–Kier alpha value is -2.13. The standard InChI is InChI=1S/C13H12N4O3S2/c1-7-5-9(16-20-7)15-10(18)6-22-13-14-8-3-4-21-11(8)12(19)17(13)2/h3-5H,6H2,1-2H3,(H,15,16,18). The van der Waals surface area contributed by atoms with Crippen molar-refractivity contribution in [2.75, 3.05) is 11.1 Å². The van der Waals surface area contributed by atoms with Gasteiger partial charge in [-0.2, -0.15) is 0 Å². The van der Waals surface area contributed by atoms with Crippen LogP contribution in [0.3, 0.4) is 0 Å². The molecule has 0 spiro atoms. The number of fused-ring (bicyclic) bond motifs is 1. The quantitative estimate of drug-likeness (QED) is 0.579. The van der Waals surface area contributed by atoms with Crippen molar-refractivity contribution < 1.29 is 9.32 Å². The molecule has 0 fully saturated rings. The summed E-state index contributed by atoms with van der Waals surface area (Å²) in [5.41, 5.74) is 0.554. The fourth-order valence-corrected chi connectivity index (χ4v) is 3.41. The Balaban J connectivity index is 1.72. The molecule has 7 nitrogen and oxygen atoms in total. The molecule has 3 aromatic heterocycles. The summed E-state index contributed by atoms with van der Waals surface area (Å²) >= 11 is 2.56. The number of thiophene rings is 1. The van der Waals surface area contributed by atoms with Crippen molar-refractivity contribution in [2.45, 2.75) is 12.1 Å². The van der Waals surface area contributed by atoms with E-state index in [4.69, 9.17) is 4.52 Å². The first-order chi connectivity index (χ1) is 10.5. The third kappa shape index (κ3) is 2.90. The van der Waals surface area contributed by atoms with E-state index >= 15 is 0 Å². The SMILES string of the molecule is Cc1cc(NC(=O)CSc2nc3ccsc3c(=O)n2C)no1. The normalized spacial score (nSPS) is 11.0. The van der Waals surface area contributed by atoms with Gasteiger partial charge in [-0.25, -0.2) is 4.98 Å². The number of hydrogen-bond acceptors (Lipinski definition) is 7. The highest BCUT2D eigenvalue weighted by atomic mass is 32.2. The summed E-state index contributed by atoms with van der Waals surface area (Å²) in [6.07, 6.45) is 0. The maximum absolute atomic E-state index is 12.1. The summed E-state index contributed by atoms with van der Waals surface area (Å²) in [6, 6.07) is 3.43. The molecule has 1 N–H and O–H groups in total. The Kier molecular flexibility index (Phi) is 3.99. The van der Waals surface area contributed by atoms with Crippen LogP contribution in [0.1, 0.15) is 5.76 Å². The van der Waals surface area contributed by atoms with Crippen molar-refractivity contribution in [3.63, 3.8) is 0 Å². The van der Waals surface area contributed by atoms with E-state index in [1.165, 1.54) is 27.7 Å². The van der Waals surface area contributed by atoms with E-state index in [9.17, 15) is 9.59 Å². The second-order valence-electron chi connectivity index (χ2n) is 4.55. The predicted octanol–water partition coefficient (Wildman–Crippen LogP) is 2.02. The Morgan fingerprint density at radius 1 is 1.55 bits per heavy atom. The van der Waals surface area contributed by atoms with Gasteiger partial charge in [0.15, 0.2) is 11.0 Å². The van der Waals surface area contributed by atoms with Crippen LogP contribution < -0.4 is 10.9 Å². The van der Waals surface area contributed by atoms with Crippen LogP contribution in [-0.2, 0) is 11.8 Å². The third-order valence-electron chi connectivity index (χ3n) is 2.87. The number of nitrogens with one attached hydrogen (secondary N) is 1. The highest BCUT2D eigenvalue weighted by molar-refractivity contribution is 7.99. The number of carbonyl (C=O) groups excluding carboxylic acids is 1. The minimum atomic E-state index is -0.238. The zero-order chi connectivity index (χ0) is 15.7. The van der Waals surface area contributed by atoms with Crippen molar-refractivity contribution >= 4 is 45.0 Å². The number of anilines is 1. The van der Waals surface area contributed by atoms with Crippen molar-refractivity contribution in [3.05, 3.63) is 33.6 Å². The maximum atomic E-state index is 12.1. The molecule has 0 aliphatic heterocycles. The number of carbonyl (C=O) groups is 1. The van der Waals surface area contributed by atoms with Gasteiger partial charge in [0.25, 0.3) is 5.56 Å². The molecule has 0 saturated carbocycles. The van der Waals surface area contributed by atoms with Gasteiger partial charge in [0.05, 0.1) is 11.3 Å². The topological polar surface area (TPSA) is 90.0 Å². The monoisotopic (exact) mass is 336 g/mol. The van der Waals surface area contributed by atoms with Crippen LogP contribution in [0.25, 0.3) is 10.2 Å². The summed E-state index contributed by atoms with van der Waals surface area (Å²) in [5.74, 6) is 0.882. The van der Waals surface area contributed by atoms with Crippen molar-refractivity contribution in [3.8, 4) is 0 Å². The second kappa shape index (κ2) is 5.93. The molecule has 0 atom stereocenters. The number of thioether (sulfide) groups is 1. The van der Waals surface area contributed by atoms with Crippen molar-refractivity contribution in [1.29, 1.82) is 0 Å². The first-order valence-corrected chi connectivity index (χ1v) is 8.21. The van der Waals surface area contributed by atoms with E-state index in [0.29, 0.717) is 27.0 Å². The van der Waals surface area contributed by atoms with Crippen LogP contribution in [0.4, 0.5) is 5.82 Å². The average Bonchev–Trinajstić information content (AvgIpc) is 3.10. The molecule has 3 rings (SSSR count). The molecule has 0 aliphatic carbocycles. The molecule has 22 heavy (non-hydrogen) atoms. The van der Waals surface area contributed by atoms with E-state index in [1.807, 2.05) is 5.38 Å². The van der Waals surface area contributed by atoms with Crippen molar-refractivity contribution in [2.24, 2.45) is 7.05 Å². The van der Waals surface area contributed by atoms with Crippen LogP contribution >= 0.6 is 23.1 Å². The lowest BCUT2D eigenvalue weighted by Crippen LogP contribution is -2.20. The summed E-state index contributed by atoms with van der Waals surface area (Å²) < 4.78 is 6.95. The number of aryl methyl sites for hydroxylation is 1. The van der Waals surface area contributed by atoms with Crippen molar-refractivity contribution in [1.82, 2.24) is 14.7 Å². The van der Waals surface area contributed by atoms with Gasteiger partial charge in [-0.15, -0.1) is 11.3 Å². The lowest BCUT2D eigenvalue weighted by atomic mass is 10.5. The van der Waals surface area contributed by atoms with Crippen LogP contribution in [0.15, 0.2) is 32.0 Å². The second-order valence-corrected chi connectivity index (χ2v) is 6.41. The third-order valence-corrected chi connectivity index (χ3v) is 4.80. The van der Waals surface area contributed by atoms with Gasteiger partial charge in [0, 0.05) is 13.1 Å². The molecule has 0 radical (unpaired) electrons. The summed E-state index contributed by atoms with van der Waals surface area (Å²) in [7, 11) is 1.65. The van der Waals surface area contributed by atoms with Gasteiger partial charge in [0.2, 0.25) is 5.91 Å². The average molecular weight is 336 g/mol. The zero-order valence-corrected chi connectivity index (χ0v) is 13.5. The molecule has 9 heteroatoms. The van der Waals surface area contributed by atoms with Gasteiger partial charge in [-0.05, 0) is 18.4 Å². The molecule has 0 aromatic carbocycles. The van der Waals surface area contributed by atoms with E-state index in [2.05, 4.69) is 15.5 Å². The maximum Gasteiger partial charge on any atom is 0.271 e. The number of nitrogens with zero attached hydrogens (tertiary/aromatic N) is 3. The van der Waals surface area contributed by atoms with Gasteiger partial charge in [-0.1, -0.05) is 16.9 Å². The highest BCUT2D eigenvalue weighted by Crippen LogP contribution is 2.20. The molecule has 0 unspecified atom stereocenters. The number of aromatic nitrogens is 3. The molecule has 114 valence electrons. The van der Waals surface area contributed by atoms with Gasteiger partial charge in [0.1, 0.15) is 10.5 Å². The van der Waals surface area contributed by atoms with Gasteiger partial charge < -0.3 is 9.84 Å². The largest absolute Gasteiger partial charge is 0.360 e. The molecular formula is C13H12N4O3S2. The smallest absolute Gasteiger partial charge is 0.271 e. The minimum absolute atomic E-state index is 0.102. The number of amides is 1. The van der Waals surface area contributed by atoms with E-state index in [0.717, 1.165) is 0 Å². The Labute approximate surface area is 133 Å². The van der Waals surface area contributed by atoms with Crippen LogP contribution in [-0.4, -0.2) is 26.4 Å². The Morgan fingerprint density at radius 2 is 2.36 bits per heavy atom. The molecule has 0 bridgehead atoms. The van der Waals surface area contributed by atoms with Gasteiger partial charge in [-0.3, -0.25) is 14.2 Å². The van der Waals surface area contributed by atoms with Crippen LogP contribution in [0.2, 0.25) is 0 Å². The van der Waals surface area contributed by atoms with Crippen LogP contribution in [0, 0.1) is 6.92 Å². The molecule has 3 aromatic rings. The summed E-state index contributed by atoms with van der Waals surface area (Å²) in [4.78, 5) is 28.4. The molecular weight excluding hydrogens is 324 g/mol. The number of hydrogen-bond donors (Lipinski definition) is 1. The fourth-order valence-electron chi connectivity index (χ4n) is 1.83. The summed E-state index contributed by atoms with van der Waals surface area (Å²) in [6.45, 7) is 1.74. The molecule has 0 aliphatic rings. The molecule has 1 amide bonds. The minimum Gasteiger partial charge on any atom is -0.360 e. The first kappa shape index (κ1) is 14.8. The van der Waals surface area contributed by atoms with E-state index in [1.54, 1.807) is 26.1 Å². The van der Waals surface area contributed by atoms with Crippen LogP contribution in [0.5, 0.6) is 0 Å². The summed E-state index contributed by atoms with van der Waals surface area (Å²) in [5, 5.41) is 8.64. The highest BCUT2D eigenvalue weighted by Gasteiger charge is 2.12. The number of rotatable bonds is 4. The van der Waals surface area contributed by atoms with E-state index < -0.39 is 0 Å². The molecule has 3 heterocycles. The lowest BCUT2D eigenvalue weighted by molar-refractivity contribution is -0.113.